The number of rotatable bonds is 9. The van der Waals surface area contributed by atoms with Crippen molar-refractivity contribution in [3.05, 3.63) is 99.6 Å². The van der Waals surface area contributed by atoms with E-state index in [2.05, 4.69) is 10.3 Å². The quantitative estimate of drug-likeness (QED) is 0.372. The molecule has 0 aliphatic carbocycles. The van der Waals surface area contributed by atoms with Crippen molar-refractivity contribution >= 4 is 17.5 Å². The number of aryl methyl sites for hydroxylation is 1. The number of amides is 1. The third-order valence-electron chi connectivity index (χ3n) is 5.22. The van der Waals surface area contributed by atoms with Crippen LogP contribution >= 0.6 is 11.6 Å². The van der Waals surface area contributed by atoms with Crippen LogP contribution < -0.4 is 5.32 Å². The molecule has 3 aromatic rings. The van der Waals surface area contributed by atoms with Crippen molar-refractivity contribution < 1.29 is 14.3 Å². The number of hydrogen-bond acceptors (Lipinski definition) is 4. The summed E-state index contributed by atoms with van der Waals surface area (Å²) in [6.07, 6.45) is 1.63. The molecule has 0 unspecified atom stereocenters. The molecule has 0 bridgehead atoms. The van der Waals surface area contributed by atoms with Gasteiger partial charge in [0.1, 0.15) is 0 Å². The lowest BCUT2D eigenvalue weighted by atomic mass is 10.1. The summed E-state index contributed by atoms with van der Waals surface area (Å²) in [4.78, 5) is 18.0. The van der Waals surface area contributed by atoms with Gasteiger partial charge in [0.05, 0.1) is 6.10 Å². The molecule has 1 aromatic heterocycles. The summed E-state index contributed by atoms with van der Waals surface area (Å²) in [5.74, 6) is -0.602. The van der Waals surface area contributed by atoms with E-state index in [0.717, 1.165) is 23.1 Å². The topological polar surface area (TPSA) is 65.5 Å². The van der Waals surface area contributed by atoms with E-state index in [1.165, 1.54) is 6.20 Å². The number of aliphatic hydroxyl groups excluding tert-OH is 1. The zero-order valence-corrected chi connectivity index (χ0v) is 18.9. The normalized spacial score (nSPS) is 11.9. The van der Waals surface area contributed by atoms with Crippen molar-refractivity contribution in [1.82, 2.24) is 15.2 Å². The Balaban J connectivity index is 1.46. The van der Waals surface area contributed by atoms with Gasteiger partial charge in [0.15, 0.2) is 0 Å². The average Bonchev–Trinajstić information content (AvgIpc) is 2.79. The second-order valence-electron chi connectivity index (χ2n) is 7.83. The molecular formula is C25H27ClFN3O2. The molecule has 0 saturated heterocycles. The van der Waals surface area contributed by atoms with Crippen LogP contribution in [0.1, 0.15) is 38.7 Å². The van der Waals surface area contributed by atoms with Gasteiger partial charge in [0.25, 0.3) is 5.91 Å². The average molecular weight is 456 g/mol. The molecule has 7 heteroatoms. The molecule has 3 rings (SSSR count). The van der Waals surface area contributed by atoms with E-state index in [1.54, 1.807) is 37.1 Å². The Labute approximate surface area is 192 Å². The highest BCUT2D eigenvalue weighted by molar-refractivity contribution is 6.30. The van der Waals surface area contributed by atoms with Crippen LogP contribution in [0.15, 0.2) is 60.8 Å². The third-order valence-corrected chi connectivity index (χ3v) is 5.47. The molecule has 2 N–H and O–H groups in total. The number of aromatic nitrogens is 1. The SMILES string of the molecule is Cc1cc(CN(C)C(=O)c2ccc(CCNC[C@H](O)c3ccc(Cl)cc3)cc2)cnc1F. The molecule has 0 aliphatic heterocycles. The maximum Gasteiger partial charge on any atom is 0.253 e. The first-order chi connectivity index (χ1) is 15.3. The standard InChI is InChI=1S/C25H27ClFN3O2/c1-17-13-19(14-29-24(17)27)16-30(2)25(32)21-5-3-18(4-6-21)11-12-28-15-23(31)20-7-9-22(26)10-8-20/h3-10,13-14,23,28,31H,11-12,15-16H2,1-2H3/t23-/m0/s1. The van der Waals surface area contributed by atoms with Crippen LogP contribution in [0.2, 0.25) is 5.02 Å². The molecule has 0 radical (unpaired) electrons. The number of halogens is 2. The number of nitrogens with one attached hydrogen (secondary N) is 1. The van der Waals surface area contributed by atoms with Crippen LogP contribution in [0, 0.1) is 12.9 Å². The molecule has 32 heavy (non-hydrogen) atoms. The largest absolute Gasteiger partial charge is 0.387 e. The highest BCUT2D eigenvalue weighted by atomic mass is 35.5. The van der Waals surface area contributed by atoms with Gasteiger partial charge in [0, 0.05) is 42.5 Å². The van der Waals surface area contributed by atoms with Gasteiger partial charge in [0.2, 0.25) is 5.95 Å². The summed E-state index contributed by atoms with van der Waals surface area (Å²) in [5, 5.41) is 14.1. The highest BCUT2D eigenvalue weighted by Gasteiger charge is 2.13. The Morgan fingerprint density at radius 2 is 1.84 bits per heavy atom. The molecule has 168 valence electrons. The minimum atomic E-state index is -0.595. The van der Waals surface area contributed by atoms with Gasteiger partial charge in [-0.2, -0.15) is 4.39 Å². The molecule has 5 nitrogen and oxygen atoms in total. The molecule has 0 saturated carbocycles. The second kappa shape index (κ2) is 11.2. The minimum absolute atomic E-state index is 0.109. The van der Waals surface area contributed by atoms with Crippen molar-refractivity contribution in [1.29, 1.82) is 0 Å². The van der Waals surface area contributed by atoms with E-state index in [-0.39, 0.29) is 5.91 Å². The van der Waals surface area contributed by atoms with E-state index in [1.807, 2.05) is 36.4 Å². The summed E-state index contributed by atoms with van der Waals surface area (Å²) < 4.78 is 13.3. The van der Waals surface area contributed by atoms with Crippen LogP contribution in [-0.4, -0.2) is 41.0 Å². The predicted molar refractivity (Wildman–Crippen MR) is 124 cm³/mol. The first-order valence-corrected chi connectivity index (χ1v) is 10.8. The number of carbonyl (C=O) groups is 1. The number of aliphatic hydroxyl groups is 1. The monoisotopic (exact) mass is 455 g/mol. The second-order valence-corrected chi connectivity index (χ2v) is 8.27. The van der Waals surface area contributed by atoms with E-state index in [9.17, 15) is 14.3 Å². The van der Waals surface area contributed by atoms with E-state index in [0.29, 0.717) is 35.8 Å². The fourth-order valence-corrected chi connectivity index (χ4v) is 3.48. The Bertz CT molecular complexity index is 1040. The van der Waals surface area contributed by atoms with Crippen molar-refractivity contribution in [2.24, 2.45) is 0 Å². The number of nitrogens with zero attached hydrogens (tertiary/aromatic N) is 2. The summed E-state index contributed by atoms with van der Waals surface area (Å²) in [6, 6.07) is 16.3. The Morgan fingerprint density at radius 3 is 2.50 bits per heavy atom. The van der Waals surface area contributed by atoms with Gasteiger partial charge in [-0.1, -0.05) is 35.9 Å². The van der Waals surface area contributed by atoms with Crippen LogP contribution in [-0.2, 0) is 13.0 Å². The molecule has 1 atom stereocenters. The van der Waals surface area contributed by atoms with E-state index in [4.69, 9.17) is 11.6 Å². The first kappa shape index (κ1) is 23.9. The molecule has 2 aromatic carbocycles. The van der Waals surface area contributed by atoms with Gasteiger partial charge in [-0.05, 0) is 66.9 Å². The zero-order chi connectivity index (χ0) is 23.1. The van der Waals surface area contributed by atoms with Crippen LogP contribution in [0.25, 0.3) is 0 Å². The molecule has 0 spiro atoms. The van der Waals surface area contributed by atoms with Crippen LogP contribution in [0.4, 0.5) is 4.39 Å². The van der Waals surface area contributed by atoms with Crippen molar-refractivity contribution in [3.8, 4) is 0 Å². The zero-order valence-electron chi connectivity index (χ0n) is 18.2. The molecule has 1 amide bonds. The predicted octanol–water partition coefficient (Wildman–Crippen LogP) is 4.32. The van der Waals surface area contributed by atoms with Crippen LogP contribution in [0.3, 0.4) is 0 Å². The lowest BCUT2D eigenvalue weighted by molar-refractivity contribution is 0.0785. The van der Waals surface area contributed by atoms with Gasteiger partial charge in [-0.3, -0.25) is 4.79 Å². The van der Waals surface area contributed by atoms with Crippen molar-refractivity contribution in [2.45, 2.75) is 26.0 Å². The van der Waals surface area contributed by atoms with Crippen LogP contribution in [0.5, 0.6) is 0 Å². The molecule has 0 fully saturated rings. The van der Waals surface area contributed by atoms with E-state index >= 15 is 0 Å². The summed E-state index contributed by atoms with van der Waals surface area (Å²) >= 11 is 5.87. The third kappa shape index (κ3) is 6.60. The molecular weight excluding hydrogens is 429 g/mol. The number of benzene rings is 2. The Kier molecular flexibility index (Phi) is 8.33. The Morgan fingerprint density at radius 1 is 1.16 bits per heavy atom. The lowest BCUT2D eigenvalue weighted by Gasteiger charge is -2.18. The van der Waals surface area contributed by atoms with Crippen molar-refractivity contribution in [2.75, 3.05) is 20.1 Å². The minimum Gasteiger partial charge on any atom is -0.387 e. The smallest absolute Gasteiger partial charge is 0.253 e. The maximum absolute atomic E-state index is 13.3. The summed E-state index contributed by atoms with van der Waals surface area (Å²) in [7, 11) is 1.71. The fraction of sp³-hybridized carbons (Fsp3) is 0.280. The maximum atomic E-state index is 13.3. The molecule has 1 heterocycles. The number of hydrogen-bond donors (Lipinski definition) is 2. The molecule has 0 aliphatic rings. The van der Waals surface area contributed by atoms with Gasteiger partial charge < -0.3 is 15.3 Å². The number of pyridine rings is 1. The van der Waals surface area contributed by atoms with Gasteiger partial charge in [-0.25, -0.2) is 4.98 Å². The lowest BCUT2D eigenvalue weighted by Crippen LogP contribution is -2.26. The Hall–Kier alpha value is -2.80. The number of carbonyl (C=O) groups excluding carboxylic acids is 1. The first-order valence-electron chi connectivity index (χ1n) is 10.4. The highest BCUT2D eigenvalue weighted by Crippen LogP contribution is 2.16. The van der Waals surface area contributed by atoms with Crippen molar-refractivity contribution in [3.63, 3.8) is 0 Å². The fourth-order valence-electron chi connectivity index (χ4n) is 3.36. The van der Waals surface area contributed by atoms with E-state index < -0.39 is 12.1 Å². The summed E-state index contributed by atoms with van der Waals surface area (Å²) in [5.41, 5.74) is 3.75. The van der Waals surface area contributed by atoms with Gasteiger partial charge >= 0.3 is 0 Å². The van der Waals surface area contributed by atoms with Gasteiger partial charge in [-0.15, -0.1) is 0 Å². The summed E-state index contributed by atoms with van der Waals surface area (Å²) in [6.45, 7) is 3.16.